The Morgan fingerprint density at radius 3 is 2.39 bits per heavy atom. The molecule has 0 atom stereocenters. The molecular weight excluding hydrogens is 287 g/mol. The zero-order chi connectivity index (χ0) is 16.6. The Hall–Kier alpha value is -2.48. The van der Waals surface area contributed by atoms with Crippen LogP contribution in [0.4, 0.5) is 4.39 Å². The molecule has 0 aromatic heterocycles. The van der Waals surface area contributed by atoms with Crippen LogP contribution in [0.25, 0.3) is 17.2 Å². The fourth-order valence-corrected chi connectivity index (χ4v) is 3.19. The molecule has 0 unspecified atom stereocenters. The highest BCUT2D eigenvalue weighted by atomic mass is 19.1. The lowest BCUT2D eigenvalue weighted by atomic mass is 10.00. The predicted molar refractivity (Wildman–Crippen MR) is 93.6 cm³/mol. The van der Waals surface area contributed by atoms with Gasteiger partial charge in [-0.3, -0.25) is 4.79 Å². The molecule has 1 nitrogen and oxygen atoms in total. The second kappa shape index (κ2) is 5.96. The van der Waals surface area contributed by atoms with Crippen LogP contribution in [0.5, 0.6) is 0 Å². The van der Waals surface area contributed by atoms with Crippen molar-refractivity contribution in [1.82, 2.24) is 0 Å². The Morgan fingerprint density at radius 2 is 1.78 bits per heavy atom. The lowest BCUT2D eigenvalue weighted by Gasteiger charge is -2.05. The largest absolute Gasteiger partial charge is 0.295 e. The summed E-state index contributed by atoms with van der Waals surface area (Å²) in [5, 5.41) is 0. The van der Waals surface area contributed by atoms with Crippen LogP contribution in [-0.2, 0) is 0 Å². The van der Waals surface area contributed by atoms with E-state index in [-0.39, 0.29) is 11.6 Å². The van der Waals surface area contributed by atoms with Gasteiger partial charge in [-0.15, -0.1) is 0 Å². The summed E-state index contributed by atoms with van der Waals surface area (Å²) in [5.74, 6) is -0.134. The Bertz CT molecular complexity index is 839. The monoisotopic (exact) mass is 306 g/mol. The molecule has 0 heterocycles. The number of fused-ring (bicyclic) bond motifs is 1. The van der Waals surface area contributed by atoms with E-state index in [0.717, 1.165) is 28.7 Å². The van der Waals surface area contributed by atoms with Crippen LogP contribution in [0.2, 0.25) is 0 Å². The van der Waals surface area contributed by atoms with E-state index in [1.54, 1.807) is 13.0 Å². The number of hydrogen-bond acceptors (Lipinski definition) is 1. The molecule has 1 aliphatic carbocycles. The molecule has 23 heavy (non-hydrogen) atoms. The van der Waals surface area contributed by atoms with Crippen LogP contribution >= 0.6 is 0 Å². The van der Waals surface area contributed by atoms with Gasteiger partial charge in [-0.05, 0) is 71.9 Å². The molecule has 116 valence electrons. The Balaban J connectivity index is 2.09. The number of allylic oxidation sites excluding steroid dienone is 3. The minimum Gasteiger partial charge on any atom is -0.295 e. The first-order valence-electron chi connectivity index (χ1n) is 7.84. The van der Waals surface area contributed by atoms with Crippen molar-refractivity contribution in [1.29, 1.82) is 0 Å². The molecule has 0 saturated heterocycles. The fraction of sp³-hybridized carbons (Fsp3) is 0.190. The zero-order valence-corrected chi connectivity index (χ0v) is 13.6. The minimum absolute atomic E-state index is 0.0650. The van der Waals surface area contributed by atoms with E-state index in [1.807, 2.05) is 30.3 Å². The third-order valence-corrected chi connectivity index (χ3v) is 4.44. The molecule has 0 fully saturated rings. The minimum atomic E-state index is -0.199. The highest BCUT2D eigenvalue weighted by molar-refractivity contribution is 6.05. The SMILES string of the molecule is CCC1=C(C)C(=Cc2ccc(C(C)=O)cc2)c2ccc(F)cc21. The first kappa shape index (κ1) is 15.4. The van der Waals surface area contributed by atoms with Crippen molar-refractivity contribution in [2.45, 2.75) is 27.2 Å². The lowest BCUT2D eigenvalue weighted by molar-refractivity contribution is 0.101. The van der Waals surface area contributed by atoms with Crippen molar-refractivity contribution in [2.24, 2.45) is 0 Å². The maximum atomic E-state index is 13.6. The maximum Gasteiger partial charge on any atom is 0.159 e. The van der Waals surface area contributed by atoms with Crippen LogP contribution in [0.3, 0.4) is 0 Å². The lowest BCUT2D eigenvalue weighted by Crippen LogP contribution is -1.91. The molecule has 0 N–H and O–H groups in total. The van der Waals surface area contributed by atoms with Crippen molar-refractivity contribution in [3.8, 4) is 0 Å². The van der Waals surface area contributed by atoms with Crippen LogP contribution in [0.1, 0.15) is 54.2 Å². The highest BCUT2D eigenvalue weighted by Crippen LogP contribution is 2.43. The Morgan fingerprint density at radius 1 is 1.09 bits per heavy atom. The van der Waals surface area contributed by atoms with E-state index in [2.05, 4.69) is 19.9 Å². The molecule has 0 radical (unpaired) electrons. The number of carbonyl (C=O) groups excluding carboxylic acids is 1. The molecule has 0 spiro atoms. The van der Waals surface area contributed by atoms with Gasteiger partial charge in [-0.2, -0.15) is 0 Å². The number of Topliss-reactive ketones (excluding diaryl/α,β-unsaturated/α-hetero) is 1. The number of carbonyl (C=O) groups is 1. The average molecular weight is 306 g/mol. The molecule has 2 heteroatoms. The zero-order valence-electron chi connectivity index (χ0n) is 13.6. The number of halogens is 1. The summed E-state index contributed by atoms with van der Waals surface area (Å²) in [4.78, 5) is 11.4. The first-order valence-corrected chi connectivity index (χ1v) is 7.84. The molecular formula is C21H19FO. The van der Waals surface area contributed by atoms with Gasteiger partial charge in [0.15, 0.2) is 5.78 Å². The normalized spacial score (nSPS) is 15.2. The summed E-state index contributed by atoms with van der Waals surface area (Å²) in [6.07, 6.45) is 2.99. The quantitative estimate of drug-likeness (QED) is 0.658. The molecule has 3 rings (SSSR count). The molecule has 2 aromatic rings. The summed E-state index contributed by atoms with van der Waals surface area (Å²) in [7, 11) is 0. The van der Waals surface area contributed by atoms with Crippen LogP contribution in [0, 0.1) is 5.82 Å². The molecule has 0 saturated carbocycles. The van der Waals surface area contributed by atoms with Gasteiger partial charge in [0.05, 0.1) is 0 Å². The van der Waals surface area contributed by atoms with E-state index >= 15 is 0 Å². The third-order valence-electron chi connectivity index (χ3n) is 4.44. The van der Waals surface area contributed by atoms with Crippen molar-refractivity contribution in [3.05, 3.63) is 76.1 Å². The summed E-state index contributed by atoms with van der Waals surface area (Å²) in [6.45, 7) is 5.75. The number of rotatable bonds is 3. The summed E-state index contributed by atoms with van der Waals surface area (Å²) in [5.41, 5.74) is 7.36. The Labute approximate surface area is 136 Å². The van der Waals surface area contributed by atoms with Crippen LogP contribution in [-0.4, -0.2) is 5.78 Å². The number of ketones is 1. The van der Waals surface area contributed by atoms with E-state index in [9.17, 15) is 9.18 Å². The first-order chi connectivity index (χ1) is 11.0. The van der Waals surface area contributed by atoms with Gasteiger partial charge in [-0.1, -0.05) is 37.3 Å². The van der Waals surface area contributed by atoms with Gasteiger partial charge in [0.1, 0.15) is 5.82 Å². The van der Waals surface area contributed by atoms with E-state index in [1.165, 1.54) is 17.2 Å². The van der Waals surface area contributed by atoms with E-state index in [0.29, 0.717) is 5.56 Å². The van der Waals surface area contributed by atoms with Crippen molar-refractivity contribution in [3.63, 3.8) is 0 Å². The smallest absolute Gasteiger partial charge is 0.159 e. The standard InChI is InChI=1S/C21H19FO/c1-4-18-13(2)20(19-10-9-17(22)12-21(18)19)11-15-5-7-16(8-6-15)14(3)23/h5-12H,4H2,1-3H3. The molecule has 0 amide bonds. The summed E-state index contributed by atoms with van der Waals surface area (Å²) < 4.78 is 13.6. The van der Waals surface area contributed by atoms with Crippen molar-refractivity contribution >= 4 is 23.0 Å². The summed E-state index contributed by atoms with van der Waals surface area (Å²) in [6, 6.07) is 12.6. The van der Waals surface area contributed by atoms with Gasteiger partial charge in [0.25, 0.3) is 0 Å². The second-order valence-corrected chi connectivity index (χ2v) is 5.88. The second-order valence-electron chi connectivity index (χ2n) is 5.88. The van der Waals surface area contributed by atoms with E-state index in [4.69, 9.17) is 0 Å². The van der Waals surface area contributed by atoms with Gasteiger partial charge >= 0.3 is 0 Å². The molecule has 2 aromatic carbocycles. The van der Waals surface area contributed by atoms with Crippen LogP contribution < -0.4 is 0 Å². The number of benzene rings is 2. The topological polar surface area (TPSA) is 17.1 Å². The number of hydrogen-bond donors (Lipinski definition) is 0. The van der Waals surface area contributed by atoms with Crippen molar-refractivity contribution < 1.29 is 9.18 Å². The van der Waals surface area contributed by atoms with Crippen LogP contribution in [0.15, 0.2) is 48.0 Å². The average Bonchev–Trinajstić information content (AvgIpc) is 2.79. The Kier molecular flexibility index (Phi) is 3.99. The van der Waals surface area contributed by atoms with Gasteiger partial charge in [0.2, 0.25) is 0 Å². The maximum absolute atomic E-state index is 13.6. The molecule has 1 aliphatic rings. The summed E-state index contributed by atoms with van der Waals surface area (Å²) >= 11 is 0. The van der Waals surface area contributed by atoms with Gasteiger partial charge in [-0.25, -0.2) is 4.39 Å². The van der Waals surface area contributed by atoms with Crippen molar-refractivity contribution in [2.75, 3.05) is 0 Å². The third kappa shape index (κ3) is 2.77. The van der Waals surface area contributed by atoms with E-state index < -0.39 is 0 Å². The molecule has 0 aliphatic heterocycles. The fourth-order valence-electron chi connectivity index (χ4n) is 3.19. The highest BCUT2D eigenvalue weighted by Gasteiger charge is 2.22. The van der Waals surface area contributed by atoms with Gasteiger partial charge in [0, 0.05) is 5.56 Å². The van der Waals surface area contributed by atoms with Gasteiger partial charge < -0.3 is 0 Å². The molecule has 0 bridgehead atoms. The predicted octanol–water partition coefficient (Wildman–Crippen LogP) is 5.77.